The largest absolute Gasteiger partial charge is 0.404 e. The summed E-state index contributed by atoms with van der Waals surface area (Å²) in [4.78, 5) is 29.0. The number of fused-ring (bicyclic) bond motifs is 1. The Bertz CT molecular complexity index is 1190. The normalized spacial score (nSPS) is 18.5. The molecule has 1 aliphatic carbocycles. The molecule has 0 unspecified atom stereocenters. The molecule has 0 aliphatic heterocycles. The molecule has 1 heterocycles. The van der Waals surface area contributed by atoms with Crippen LogP contribution in [0.2, 0.25) is 0 Å². The first-order valence-electron chi connectivity index (χ1n) is 11.7. The lowest BCUT2D eigenvalue weighted by atomic mass is 9.77. The highest BCUT2D eigenvalue weighted by Crippen LogP contribution is 2.37. The molecular formula is C28H31N3O2. The van der Waals surface area contributed by atoms with E-state index in [1.165, 1.54) is 37.7 Å². The Morgan fingerprint density at radius 2 is 1.73 bits per heavy atom. The van der Waals surface area contributed by atoms with Gasteiger partial charge in [-0.2, -0.15) is 0 Å². The summed E-state index contributed by atoms with van der Waals surface area (Å²) in [6, 6.07) is 16.5. The molecule has 1 saturated carbocycles. The zero-order valence-corrected chi connectivity index (χ0v) is 19.3. The predicted octanol–water partition coefficient (Wildman–Crippen LogP) is 5.62. The number of carbonyl (C=O) groups excluding carboxylic acids is 2. The second kappa shape index (κ2) is 9.99. The van der Waals surface area contributed by atoms with Crippen molar-refractivity contribution in [1.29, 1.82) is 0 Å². The molecule has 4 rings (SSSR count). The zero-order valence-electron chi connectivity index (χ0n) is 19.3. The van der Waals surface area contributed by atoms with Crippen LogP contribution in [0.5, 0.6) is 0 Å². The van der Waals surface area contributed by atoms with Gasteiger partial charge < -0.3 is 5.73 Å². The van der Waals surface area contributed by atoms with Crippen LogP contribution in [-0.4, -0.2) is 16.8 Å². The fraction of sp³-hybridized carbons (Fsp3) is 0.321. The van der Waals surface area contributed by atoms with Crippen LogP contribution >= 0.6 is 0 Å². The SMILES string of the molecule is CCC1CCC(c2ccc(-c3ccc4c(C(=O)NC(=O)C=CN)cc(C)nc4c3)cc2)CC1. The lowest BCUT2D eigenvalue weighted by Gasteiger charge is -2.28. The quantitative estimate of drug-likeness (QED) is 0.503. The molecule has 1 aliphatic rings. The summed E-state index contributed by atoms with van der Waals surface area (Å²) in [6.45, 7) is 4.14. The second-order valence-electron chi connectivity index (χ2n) is 8.97. The molecule has 0 saturated heterocycles. The van der Waals surface area contributed by atoms with E-state index in [4.69, 9.17) is 5.73 Å². The number of hydrogen-bond acceptors (Lipinski definition) is 4. The molecule has 1 aromatic heterocycles. The number of pyridine rings is 1. The Labute approximate surface area is 195 Å². The van der Waals surface area contributed by atoms with E-state index in [9.17, 15) is 9.59 Å². The Balaban J connectivity index is 1.58. The Morgan fingerprint density at radius 3 is 2.39 bits per heavy atom. The van der Waals surface area contributed by atoms with Gasteiger partial charge in [-0.25, -0.2) is 0 Å². The molecule has 2 aromatic carbocycles. The van der Waals surface area contributed by atoms with Crippen LogP contribution < -0.4 is 11.1 Å². The molecule has 5 heteroatoms. The average Bonchev–Trinajstić information content (AvgIpc) is 2.83. The van der Waals surface area contributed by atoms with Crippen molar-refractivity contribution in [3.05, 3.63) is 77.6 Å². The third-order valence-electron chi connectivity index (χ3n) is 6.81. The van der Waals surface area contributed by atoms with Gasteiger partial charge >= 0.3 is 0 Å². The molecule has 5 nitrogen and oxygen atoms in total. The molecule has 2 amide bonds. The van der Waals surface area contributed by atoms with Crippen LogP contribution in [0.25, 0.3) is 22.0 Å². The van der Waals surface area contributed by atoms with E-state index >= 15 is 0 Å². The smallest absolute Gasteiger partial charge is 0.258 e. The molecule has 33 heavy (non-hydrogen) atoms. The van der Waals surface area contributed by atoms with Gasteiger partial charge in [0.2, 0.25) is 0 Å². The third-order valence-corrected chi connectivity index (χ3v) is 6.81. The molecule has 1 fully saturated rings. The molecule has 0 bridgehead atoms. The minimum absolute atomic E-state index is 0.417. The third kappa shape index (κ3) is 5.14. The lowest BCUT2D eigenvalue weighted by molar-refractivity contribution is -0.115. The summed E-state index contributed by atoms with van der Waals surface area (Å²) in [6.07, 6.45) is 8.76. The number of aryl methyl sites for hydroxylation is 1. The fourth-order valence-corrected chi connectivity index (χ4v) is 4.89. The first kappa shape index (κ1) is 22.7. The Morgan fingerprint density at radius 1 is 1.03 bits per heavy atom. The lowest BCUT2D eigenvalue weighted by Crippen LogP contribution is -2.29. The number of imide groups is 1. The number of rotatable bonds is 5. The van der Waals surface area contributed by atoms with Gasteiger partial charge in [0.1, 0.15) is 0 Å². The second-order valence-corrected chi connectivity index (χ2v) is 8.97. The van der Waals surface area contributed by atoms with E-state index < -0.39 is 11.8 Å². The van der Waals surface area contributed by atoms with Crippen molar-refractivity contribution in [3.8, 4) is 11.1 Å². The summed E-state index contributed by atoms with van der Waals surface area (Å²) in [5, 5.41) is 3.04. The number of nitrogens with one attached hydrogen (secondary N) is 1. The fourth-order valence-electron chi connectivity index (χ4n) is 4.89. The predicted molar refractivity (Wildman–Crippen MR) is 133 cm³/mol. The highest BCUT2D eigenvalue weighted by molar-refractivity contribution is 6.13. The number of carbonyl (C=O) groups is 2. The van der Waals surface area contributed by atoms with Gasteiger partial charge in [0, 0.05) is 17.2 Å². The Hall–Kier alpha value is -3.47. The van der Waals surface area contributed by atoms with Crippen molar-refractivity contribution in [2.75, 3.05) is 0 Å². The Kier molecular flexibility index (Phi) is 6.87. The van der Waals surface area contributed by atoms with Gasteiger partial charge in [-0.05, 0) is 79.5 Å². The van der Waals surface area contributed by atoms with Crippen LogP contribution in [0.15, 0.2) is 60.8 Å². The van der Waals surface area contributed by atoms with Crippen molar-refractivity contribution >= 4 is 22.7 Å². The van der Waals surface area contributed by atoms with Gasteiger partial charge in [0.25, 0.3) is 11.8 Å². The first-order chi connectivity index (χ1) is 16.0. The van der Waals surface area contributed by atoms with E-state index in [-0.39, 0.29) is 0 Å². The van der Waals surface area contributed by atoms with Crippen LogP contribution in [0.4, 0.5) is 0 Å². The minimum Gasteiger partial charge on any atom is -0.404 e. The number of hydrogen-bond donors (Lipinski definition) is 2. The maximum Gasteiger partial charge on any atom is 0.258 e. The summed E-state index contributed by atoms with van der Waals surface area (Å²) in [5.41, 5.74) is 10.7. The molecular weight excluding hydrogens is 410 g/mol. The van der Waals surface area contributed by atoms with E-state index in [0.717, 1.165) is 34.8 Å². The molecule has 170 valence electrons. The number of aromatic nitrogens is 1. The van der Waals surface area contributed by atoms with Gasteiger partial charge in [0.05, 0.1) is 11.1 Å². The van der Waals surface area contributed by atoms with E-state index in [0.29, 0.717) is 22.6 Å². The number of nitrogens with two attached hydrogens (primary N) is 1. The summed E-state index contributed by atoms with van der Waals surface area (Å²) < 4.78 is 0. The summed E-state index contributed by atoms with van der Waals surface area (Å²) in [7, 11) is 0. The van der Waals surface area contributed by atoms with E-state index in [2.05, 4.69) is 41.5 Å². The van der Waals surface area contributed by atoms with Crippen molar-refractivity contribution in [1.82, 2.24) is 10.3 Å². The highest BCUT2D eigenvalue weighted by Gasteiger charge is 2.21. The number of nitrogens with zero attached hydrogens (tertiary/aromatic N) is 1. The molecule has 0 atom stereocenters. The van der Waals surface area contributed by atoms with Gasteiger partial charge in [0.15, 0.2) is 0 Å². The zero-order chi connectivity index (χ0) is 23.4. The maximum absolute atomic E-state index is 12.6. The molecule has 3 aromatic rings. The molecule has 0 radical (unpaired) electrons. The van der Waals surface area contributed by atoms with E-state index in [1.807, 2.05) is 25.1 Å². The van der Waals surface area contributed by atoms with Gasteiger partial charge in [-0.15, -0.1) is 0 Å². The van der Waals surface area contributed by atoms with Crippen molar-refractivity contribution < 1.29 is 9.59 Å². The van der Waals surface area contributed by atoms with Crippen LogP contribution in [-0.2, 0) is 4.79 Å². The average molecular weight is 442 g/mol. The van der Waals surface area contributed by atoms with Gasteiger partial charge in [-0.3, -0.25) is 19.9 Å². The number of amides is 2. The van der Waals surface area contributed by atoms with Crippen molar-refractivity contribution in [3.63, 3.8) is 0 Å². The van der Waals surface area contributed by atoms with E-state index in [1.54, 1.807) is 6.07 Å². The molecule has 0 spiro atoms. The van der Waals surface area contributed by atoms with Gasteiger partial charge in [-0.1, -0.05) is 49.7 Å². The van der Waals surface area contributed by atoms with Crippen LogP contribution in [0, 0.1) is 12.8 Å². The maximum atomic E-state index is 12.6. The van der Waals surface area contributed by atoms with Crippen molar-refractivity contribution in [2.45, 2.75) is 51.9 Å². The number of benzene rings is 2. The van der Waals surface area contributed by atoms with Crippen LogP contribution in [0.3, 0.4) is 0 Å². The summed E-state index contributed by atoms with van der Waals surface area (Å²) >= 11 is 0. The topological polar surface area (TPSA) is 85.1 Å². The highest BCUT2D eigenvalue weighted by atomic mass is 16.2. The van der Waals surface area contributed by atoms with Crippen molar-refractivity contribution in [2.24, 2.45) is 11.7 Å². The summed E-state index contributed by atoms with van der Waals surface area (Å²) in [5.74, 6) is 0.547. The van der Waals surface area contributed by atoms with Crippen LogP contribution in [0.1, 0.15) is 66.6 Å². The standard InChI is InChI=1S/C28H31N3O2/c1-3-19-4-6-20(7-5-19)21-8-10-22(11-9-21)23-12-13-24-25(16-18(2)30-26(24)17-23)28(33)31-27(32)14-15-29/h8-17,19-20H,3-7,29H2,1-2H3,(H,31,32,33). The first-order valence-corrected chi connectivity index (χ1v) is 11.7. The monoisotopic (exact) mass is 441 g/mol. The minimum atomic E-state index is -0.551. The molecule has 3 N–H and O–H groups in total.